The van der Waals surface area contributed by atoms with Crippen molar-refractivity contribution < 1.29 is 9.90 Å². The van der Waals surface area contributed by atoms with Crippen molar-refractivity contribution in [2.24, 2.45) is 0 Å². The van der Waals surface area contributed by atoms with E-state index in [4.69, 9.17) is 0 Å². The third-order valence-corrected chi connectivity index (χ3v) is 3.84. The van der Waals surface area contributed by atoms with Gasteiger partial charge in [0.2, 0.25) is 5.91 Å². The number of hydrogen-bond acceptors (Lipinski definition) is 3. The van der Waals surface area contributed by atoms with Gasteiger partial charge >= 0.3 is 0 Å². The van der Waals surface area contributed by atoms with Crippen LogP contribution in [0.1, 0.15) is 30.0 Å². The van der Waals surface area contributed by atoms with Crippen LogP contribution in [0.5, 0.6) is 0 Å². The maximum absolute atomic E-state index is 12.1. The smallest absolute Gasteiger partial charge is 0.238 e. The zero-order valence-electron chi connectivity index (χ0n) is 12.8. The topological polar surface area (TPSA) is 52.6 Å². The highest BCUT2D eigenvalue weighted by Gasteiger charge is 2.32. The Morgan fingerprint density at radius 1 is 1.35 bits per heavy atom. The van der Waals surface area contributed by atoms with Crippen molar-refractivity contribution in [2.75, 3.05) is 25.0 Å². The van der Waals surface area contributed by atoms with Crippen LogP contribution in [-0.2, 0) is 4.79 Å². The maximum Gasteiger partial charge on any atom is 0.238 e. The standard InChI is InChI=1S/C16H24N2O2/c1-11-7-12(2)15(13(3)8-11)17-14(19)9-18-6-5-16(4,20)10-18/h7-8,20H,5-6,9-10H2,1-4H3,(H,17,19). The second kappa shape index (κ2) is 5.54. The Morgan fingerprint density at radius 3 is 2.45 bits per heavy atom. The van der Waals surface area contributed by atoms with Crippen LogP contribution in [0.4, 0.5) is 5.69 Å². The molecule has 1 unspecified atom stereocenters. The van der Waals surface area contributed by atoms with E-state index >= 15 is 0 Å². The Morgan fingerprint density at radius 2 is 1.95 bits per heavy atom. The van der Waals surface area contributed by atoms with Crippen molar-refractivity contribution in [1.29, 1.82) is 0 Å². The summed E-state index contributed by atoms with van der Waals surface area (Å²) in [5.74, 6) is -0.0160. The van der Waals surface area contributed by atoms with Gasteiger partial charge in [-0.1, -0.05) is 17.7 Å². The molecule has 2 rings (SSSR count). The molecule has 0 radical (unpaired) electrons. The molecule has 1 aliphatic heterocycles. The van der Waals surface area contributed by atoms with Gasteiger partial charge < -0.3 is 10.4 Å². The lowest BCUT2D eigenvalue weighted by Crippen LogP contribution is -2.35. The first-order valence-corrected chi connectivity index (χ1v) is 7.09. The van der Waals surface area contributed by atoms with E-state index in [-0.39, 0.29) is 5.91 Å². The van der Waals surface area contributed by atoms with Gasteiger partial charge in [0.15, 0.2) is 0 Å². The molecule has 20 heavy (non-hydrogen) atoms. The van der Waals surface area contributed by atoms with Crippen molar-refractivity contribution >= 4 is 11.6 Å². The summed E-state index contributed by atoms with van der Waals surface area (Å²) in [7, 11) is 0. The molecule has 1 aliphatic rings. The molecule has 1 aromatic rings. The number of aliphatic hydroxyl groups is 1. The number of carbonyl (C=O) groups is 1. The highest BCUT2D eigenvalue weighted by atomic mass is 16.3. The van der Waals surface area contributed by atoms with Crippen molar-refractivity contribution in [3.05, 3.63) is 28.8 Å². The number of amides is 1. The molecule has 0 saturated carbocycles. The fourth-order valence-corrected chi connectivity index (χ4v) is 2.93. The number of nitrogens with zero attached hydrogens (tertiary/aromatic N) is 1. The number of aryl methyl sites for hydroxylation is 3. The Labute approximate surface area is 120 Å². The van der Waals surface area contributed by atoms with E-state index in [1.807, 2.05) is 25.7 Å². The molecular formula is C16H24N2O2. The van der Waals surface area contributed by atoms with E-state index in [1.54, 1.807) is 0 Å². The Hall–Kier alpha value is -1.39. The fraction of sp³-hybridized carbons (Fsp3) is 0.562. The van der Waals surface area contributed by atoms with Crippen LogP contribution in [0.2, 0.25) is 0 Å². The number of nitrogens with one attached hydrogen (secondary N) is 1. The van der Waals surface area contributed by atoms with Crippen molar-refractivity contribution in [3.63, 3.8) is 0 Å². The van der Waals surface area contributed by atoms with Crippen molar-refractivity contribution in [3.8, 4) is 0 Å². The van der Waals surface area contributed by atoms with Gasteiger partial charge in [-0.05, 0) is 45.2 Å². The Kier molecular flexibility index (Phi) is 4.16. The zero-order chi connectivity index (χ0) is 14.9. The summed E-state index contributed by atoms with van der Waals surface area (Å²) in [5, 5.41) is 12.9. The second-order valence-electron chi connectivity index (χ2n) is 6.28. The van der Waals surface area contributed by atoms with Gasteiger partial charge in [0.25, 0.3) is 0 Å². The second-order valence-corrected chi connectivity index (χ2v) is 6.28. The third-order valence-electron chi connectivity index (χ3n) is 3.84. The molecule has 110 valence electrons. The first-order valence-electron chi connectivity index (χ1n) is 7.09. The molecule has 2 N–H and O–H groups in total. The summed E-state index contributed by atoms with van der Waals surface area (Å²) in [5.41, 5.74) is 3.63. The van der Waals surface area contributed by atoms with E-state index in [0.29, 0.717) is 13.1 Å². The van der Waals surface area contributed by atoms with Gasteiger partial charge in [0.1, 0.15) is 0 Å². The van der Waals surface area contributed by atoms with E-state index in [2.05, 4.69) is 24.4 Å². The molecule has 1 heterocycles. The van der Waals surface area contributed by atoms with Crippen LogP contribution >= 0.6 is 0 Å². The SMILES string of the molecule is Cc1cc(C)c(NC(=O)CN2CCC(C)(O)C2)c(C)c1. The summed E-state index contributed by atoms with van der Waals surface area (Å²) < 4.78 is 0. The molecule has 1 atom stereocenters. The predicted octanol–water partition coefficient (Wildman–Crippen LogP) is 2.01. The monoisotopic (exact) mass is 276 g/mol. The summed E-state index contributed by atoms with van der Waals surface area (Å²) in [6, 6.07) is 4.15. The van der Waals surface area contributed by atoms with Gasteiger partial charge in [-0.15, -0.1) is 0 Å². The van der Waals surface area contributed by atoms with E-state index in [0.717, 1.165) is 29.8 Å². The van der Waals surface area contributed by atoms with Gasteiger partial charge in [-0.25, -0.2) is 0 Å². The van der Waals surface area contributed by atoms with Gasteiger partial charge in [-0.2, -0.15) is 0 Å². The predicted molar refractivity (Wildman–Crippen MR) is 81.0 cm³/mol. The Balaban J connectivity index is 1.99. The largest absolute Gasteiger partial charge is 0.389 e. The molecule has 0 aromatic heterocycles. The number of carbonyl (C=O) groups excluding carboxylic acids is 1. The molecule has 1 amide bonds. The lowest BCUT2D eigenvalue weighted by atomic mass is 10.1. The summed E-state index contributed by atoms with van der Waals surface area (Å²) >= 11 is 0. The number of rotatable bonds is 3. The molecule has 0 spiro atoms. The average molecular weight is 276 g/mol. The highest BCUT2D eigenvalue weighted by Crippen LogP contribution is 2.23. The van der Waals surface area contributed by atoms with Crippen LogP contribution < -0.4 is 5.32 Å². The number of benzene rings is 1. The quantitative estimate of drug-likeness (QED) is 0.888. The molecule has 1 fully saturated rings. The van der Waals surface area contributed by atoms with Crippen LogP contribution in [0, 0.1) is 20.8 Å². The summed E-state index contributed by atoms with van der Waals surface area (Å²) in [6.07, 6.45) is 0.725. The minimum Gasteiger partial charge on any atom is -0.389 e. The van der Waals surface area contributed by atoms with Crippen LogP contribution in [0.25, 0.3) is 0 Å². The number of β-amino-alcohol motifs (C(OH)–C–C–N with tert-alkyl or cyclic N) is 1. The van der Waals surface area contributed by atoms with Gasteiger partial charge in [0.05, 0.1) is 12.1 Å². The summed E-state index contributed by atoms with van der Waals surface area (Å²) in [4.78, 5) is 14.1. The molecule has 1 saturated heterocycles. The highest BCUT2D eigenvalue weighted by molar-refractivity contribution is 5.93. The Bertz CT molecular complexity index is 500. The fourth-order valence-electron chi connectivity index (χ4n) is 2.93. The van der Waals surface area contributed by atoms with E-state index in [9.17, 15) is 9.90 Å². The van der Waals surface area contributed by atoms with Gasteiger partial charge in [-0.3, -0.25) is 9.69 Å². The maximum atomic E-state index is 12.1. The van der Waals surface area contributed by atoms with Crippen molar-refractivity contribution in [2.45, 2.75) is 39.7 Å². The minimum atomic E-state index is -0.657. The lowest BCUT2D eigenvalue weighted by molar-refractivity contribution is -0.117. The molecule has 4 nitrogen and oxygen atoms in total. The number of anilines is 1. The zero-order valence-corrected chi connectivity index (χ0v) is 12.8. The minimum absolute atomic E-state index is 0.0160. The van der Waals surface area contributed by atoms with Gasteiger partial charge in [0, 0.05) is 18.8 Å². The first-order chi connectivity index (χ1) is 9.27. The first kappa shape index (κ1) is 15.0. The molecular weight excluding hydrogens is 252 g/mol. The van der Waals surface area contributed by atoms with Crippen LogP contribution in [-0.4, -0.2) is 41.1 Å². The van der Waals surface area contributed by atoms with E-state index in [1.165, 1.54) is 5.56 Å². The van der Waals surface area contributed by atoms with Crippen molar-refractivity contribution in [1.82, 2.24) is 4.90 Å². The number of likely N-dealkylation sites (tertiary alicyclic amines) is 1. The van der Waals surface area contributed by atoms with Crippen LogP contribution in [0.3, 0.4) is 0 Å². The molecule has 1 aromatic carbocycles. The normalized spacial score (nSPS) is 23.1. The molecule has 0 bridgehead atoms. The van der Waals surface area contributed by atoms with Crippen LogP contribution in [0.15, 0.2) is 12.1 Å². The summed E-state index contributed by atoms with van der Waals surface area (Å²) in [6.45, 7) is 9.56. The third kappa shape index (κ3) is 3.58. The lowest BCUT2D eigenvalue weighted by Gasteiger charge is -2.19. The average Bonchev–Trinajstić information content (AvgIpc) is 2.63. The van der Waals surface area contributed by atoms with E-state index < -0.39 is 5.60 Å². The molecule has 0 aliphatic carbocycles. The molecule has 4 heteroatoms. The number of hydrogen-bond donors (Lipinski definition) is 2.